The highest BCUT2D eigenvalue weighted by atomic mass is 19.1. The first-order valence-electron chi connectivity index (χ1n) is 9.27. The van der Waals surface area contributed by atoms with Crippen LogP contribution in [0.1, 0.15) is 36.5 Å². The first-order chi connectivity index (χ1) is 14.6. The third kappa shape index (κ3) is 6.54. The van der Waals surface area contributed by atoms with Gasteiger partial charge in [0.05, 0.1) is 5.92 Å². The van der Waals surface area contributed by atoms with Gasteiger partial charge in [-0.15, -0.1) is 0 Å². The van der Waals surface area contributed by atoms with Gasteiger partial charge in [0.2, 0.25) is 5.91 Å². The minimum Gasteiger partial charge on any atom is -0.449 e. The predicted molar refractivity (Wildman–Crippen MR) is 108 cm³/mol. The largest absolute Gasteiger partial charge is 0.449 e. The van der Waals surface area contributed by atoms with Crippen molar-refractivity contribution in [2.45, 2.75) is 31.9 Å². The van der Waals surface area contributed by atoms with Crippen molar-refractivity contribution < 1.29 is 28.2 Å². The predicted octanol–water partition coefficient (Wildman–Crippen LogP) is 2.51. The average molecular weight is 427 g/mol. The van der Waals surface area contributed by atoms with Crippen LogP contribution in [-0.2, 0) is 25.7 Å². The van der Waals surface area contributed by atoms with Crippen LogP contribution in [0.5, 0.6) is 0 Å². The van der Waals surface area contributed by atoms with E-state index in [4.69, 9.17) is 15.7 Å². The zero-order valence-electron chi connectivity index (χ0n) is 17.1. The Hall–Kier alpha value is -3.93. The molecule has 2 aromatic rings. The number of nitrogens with two attached hydrogens (primary N) is 1. The minimum absolute atomic E-state index is 0.0901. The zero-order valence-corrected chi connectivity index (χ0v) is 17.1. The van der Waals surface area contributed by atoms with Gasteiger partial charge in [0.25, 0.3) is 0 Å². The number of carbonyl (C=O) groups is 3. The molecule has 1 atom stereocenters. The Balaban J connectivity index is 1.99. The van der Waals surface area contributed by atoms with Crippen LogP contribution in [0.3, 0.4) is 0 Å². The summed E-state index contributed by atoms with van der Waals surface area (Å²) in [5, 5.41) is 10.8. The molecule has 9 heteroatoms. The third-order valence-electron chi connectivity index (χ3n) is 4.36. The van der Waals surface area contributed by atoms with E-state index in [2.05, 4.69) is 10.1 Å². The normalized spacial score (nSPS) is 11.7. The molecule has 2 amide bonds. The van der Waals surface area contributed by atoms with Crippen LogP contribution in [0, 0.1) is 17.1 Å². The lowest BCUT2D eigenvalue weighted by Gasteiger charge is -2.23. The van der Waals surface area contributed by atoms with Crippen molar-refractivity contribution in [1.82, 2.24) is 5.32 Å². The Morgan fingerprint density at radius 1 is 1.06 bits per heavy atom. The van der Waals surface area contributed by atoms with E-state index in [-0.39, 0.29) is 6.61 Å². The number of esters is 1. The Morgan fingerprint density at radius 2 is 1.61 bits per heavy atom. The van der Waals surface area contributed by atoms with Crippen molar-refractivity contribution in [3.63, 3.8) is 0 Å². The number of alkyl carbamates (subject to hydrolysis) is 1. The van der Waals surface area contributed by atoms with Crippen LogP contribution in [0.15, 0.2) is 48.5 Å². The summed E-state index contributed by atoms with van der Waals surface area (Å²) in [6.07, 6.45) is -0.843. The lowest BCUT2D eigenvalue weighted by Crippen LogP contribution is -2.50. The van der Waals surface area contributed by atoms with E-state index in [0.29, 0.717) is 16.7 Å². The fraction of sp³-hybridized carbons (Fsp3) is 0.273. The van der Waals surface area contributed by atoms with Crippen LogP contribution in [0.25, 0.3) is 0 Å². The highest BCUT2D eigenvalue weighted by Gasteiger charge is 2.32. The fourth-order valence-corrected chi connectivity index (χ4v) is 2.75. The second kappa shape index (κ2) is 10.2. The van der Waals surface area contributed by atoms with Crippen molar-refractivity contribution in [3.05, 3.63) is 71.0 Å². The molecule has 0 aromatic heterocycles. The van der Waals surface area contributed by atoms with Crippen molar-refractivity contribution in [2.75, 3.05) is 6.61 Å². The molecule has 31 heavy (non-hydrogen) atoms. The third-order valence-corrected chi connectivity index (χ3v) is 4.36. The summed E-state index contributed by atoms with van der Waals surface area (Å²) in [5.74, 6) is -2.52. The van der Waals surface area contributed by atoms with Crippen molar-refractivity contribution in [1.29, 1.82) is 5.26 Å². The molecule has 0 bridgehead atoms. The van der Waals surface area contributed by atoms with Gasteiger partial charge in [0.1, 0.15) is 24.0 Å². The molecule has 0 aliphatic carbocycles. The Kier molecular flexibility index (Phi) is 7.69. The van der Waals surface area contributed by atoms with Gasteiger partial charge < -0.3 is 20.5 Å². The number of nitrogens with one attached hydrogen (secondary N) is 1. The van der Waals surface area contributed by atoms with Gasteiger partial charge in [0.15, 0.2) is 6.61 Å². The molecule has 0 saturated heterocycles. The maximum absolute atomic E-state index is 13.2. The zero-order chi connectivity index (χ0) is 23.0. The Morgan fingerprint density at radius 3 is 2.13 bits per heavy atom. The number of rotatable bonds is 8. The lowest BCUT2D eigenvalue weighted by atomic mass is 9.90. The number of hydrogen-bond donors (Lipinski definition) is 2. The minimum atomic E-state index is -1.37. The molecule has 0 fully saturated rings. The molecule has 0 aliphatic rings. The average Bonchev–Trinajstić information content (AvgIpc) is 2.72. The Labute approximate surface area is 178 Å². The van der Waals surface area contributed by atoms with E-state index in [9.17, 15) is 18.8 Å². The van der Waals surface area contributed by atoms with Gasteiger partial charge in [0, 0.05) is 0 Å². The number of carbonyl (C=O) groups excluding carboxylic acids is 3. The highest BCUT2D eigenvalue weighted by Crippen LogP contribution is 2.25. The first-order valence-corrected chi connectivity index (χ1v) is 9.27. The smallest absolute Gasteiger partial charge is 0.408 e. The van der Waals surface area contributed by atoms with Gasteiger partial charge >= 0.3 is 12.1 Å². The molecule has 2 aromatic carbocycles. The van der Waals surface area contributed by atoms with Crippen LogP contribution in [0.4, 0.5) is 9.18 Å². The SMILES string of the molecule is CC(C)(NC(=O)OCc1ccc(C(C(N)=O)c2ccc(F)cc2)cc1)C(=O)OCC#N. The number of nitriles is 1. The molecular formula is C22H22FN3O5. The quantitative estimate of drug-likeness (QED) is 0.622. The molecular weight excluding hydrogens is 405 g/mol. The molecule has 3 N–H and O–H groups in total. The molecule has 0 saturated carbocycles. The summed E-state index contributed by atoms with van der Waals surface area (Å²) in [5.41, 5.74) is 5.94. The van der Waals surface area contributed by atoms with Crippen molar-refractivity contribution >= 4 is 18.0 Å². The number of benzene rings is 2. The summed E-state index contributed by atoms with van der Waals surface area (Å²) in [7, 11) is 0. The maximum atomic E-state index is 13.2. The Bertz CT molecular complexity index is 982. The topological polar surface area (TPSA) is 132 Å². The van der Waals surface area contributed by atoms with E-state index in [0.717, 1.165) is 0 Å². The lowest BCUT2D eigenvalue weighted by molar-refractivity contribution is -0.148. The van der Waals surface area contributed by atoms with Gasteiger partial charge in [-0.2, -0.15) is 5.26 Å². The maximum Gasteiger partial charge on any atom is 0.408 e. The van der Waals surface area contributed by atoms with Crippen LogP contribution in [0.2, 0.25) is 0 Å². The summed E-state index contributed by atoms with van der Waals surface area (Å²) in [4.78, 5) is 35.7. The molecule has 2 rings (SSSR count). The molecule has 162 valence electrons. The van der Waals surface area contributed by atoms with Crippen molar-refractivity contribution in [3.8, 4) is 6.07 Å². The van der Waals surface area contributed by atoms with Gasteiger partial charge in [-0.05, 0) is 42.7 Å². The first kappa shape index (κ1) is 23.3. The van der Waals surface area contributed by atoms with E-state index >= 15 is 0 Å². The van der Waals surface area contributed by atoms with Gasteiger partial charge in [-0.25, -0.2) is 14.0 Å². The summed E-state index contributed by atoms with van der Waals surface area (Å²) in [6.45, 7) is 2.33. The molecule has 0 heterocycles. The van der Waals surface area contributed by atoms with E-state index in [1.165, 1.54) is 38.1 Å². The van der Waals surface area contributed by atoms with E-state index in [1.807, 2.05) is 0 Å². The van der Waals surface area contributed by atoms with Crippen molar-refractivity contribution in [2.24, 2.45) is 5.73 Å². The van der Waals surface area contributed by atoms with E-state index in [1.54, 1.807) is 30.3 Å². The monoisotopic (exact) mass is 427 g/mol. The fourth-order valence-electron chi connectivity index (χ4n) is 2.75. The number of primary amides is 1. The molecule has 0 spiro atoms. The second-order valence-corrected chi connectivity index (χ2v) is 7.19. The number of ether oxygens (including phenoxy) is 2. The van der Waals surface area contributed by atoms with Gasteiger partial charge in [-0.3, -0.25) is 4.79 Å². The number of halogens is 1. The molecule has 8 nitrogen and oxygen atoms in total. The van der Waals surface area contributed by atoms with Crippen LogP contribution >= 0.6 is 0 Å². The summed E-state index contributed by atoms with van der Waals surface area (Å²) >= 11 is 0. The number of hydrogen-bond acceptors (Lipinski definition) is 6. The van der Waals surface area contributed by atoms with Crippen LogP contribution in [-0.4, -0.2) is 30.1 Å². The molecule has 0 aliphatic heterocycles. The molecule has 0 radical (unpaired) electrons. The molecule has 1 unspecified atom stereocenters. The van der Waals surface area contributed by atoms with E-state index < -0.39 is 41.9 Å². The summed E-state index contributed by atoms with van der Waals surface area (Å²) < 4.78 is 23.0. The highest BCUT2D eigenvalue weighted by molar-refractivity contribution is 5.86. The second-order valence-electron chi connectivity index (χ2n) is 7.19. The van der Waals surface area contributed by atoms with Crippen LogP contribution < -0.4 is 11.1 Å². The number of nitrogens with zero attached hydrogens (tertiary/aromatic N) is 1. The van der Waals surface area contributed by atoms with Gasteiger partial charge in [-0.1, -0.05) is 36.4 Å². The summed E-state index contributed by atoms with van der Waals surface area (Å²) in [6, 6.07) is 13.8. The standard InChI is InChI=1S/C22H22FN3O5/c1-22(2,20(28)30-12-11-24)26-21(29)31-13-14-3-5-15(6-4-14)18(19(25)27)16-7-9-17(23)10-8-16/h3-10,18H,12-13H2,1-2H3,(H2,25,27)(H,26,29). The number of amides is 2.